The van der Waals surface area contributed by atoms with Gasteiger partial charge in [0.15, 0.2) is 6.61 Å². The van der Waals surface area contributed by atoms with E-state index in [-0.39, 0.29) is 25.4 Å². The summed E-state index contributed by atoms with van der Waals surface area (Å²) in [5.74, 6) is -0.646. The van der Waals surface area contributed by atoms with Crippen LogP contribution in [0.1, 0.15) is 18.4 Å². The van der Waals surface area contributed by atoms with Crippen molar-refractivity contribution in [3.63, 3.8) is 0 Å². The van der Waals surface area contributed by atoms with Crippen molar-refractivity contribution < 1.29 is 22.7 Å². The number of rotatable bonds is 3. The number of ether oxygens (including phenoxy) is 1. The fraction of sp³-hybridized carbons (Fsp3) is 0.409. The van der Waals surface area contributed by atoms with Crippen molar-refractivity contribution in [2.24, 2.45) is 5.92 Å². The zero-order valence-electron chi connectivity index (χ0n) is 16.9. The minimum Gasteiger partial charge on any atom is -0.481 e. The third-order valence-electron chi connectivity index (χ3n) is 5.83. The minimum absolute atomic E-state index is 0.0196. The Balaban J connectivity index is 1.45. The van der Waals surface area contributed by atoms with E-state index in [0.717, 1.165) is 28.3 Å². The minimum atomic E-state index is -4.10. The summed E-state index contributed by atoms with van der Waals surface area (Å²) >= 11 is 0. The molecule has 1 saturated heterocycles. The van der Waals surface area contributed by atoms with Gasteiger partial charge >= 0.3 is 6.18 Å². The van der Waals surface area contributed by atoms with Crippen LogP contribution in [0.15, 0.2) is 36.4 Å². The Labute approximate surface area is 173 Å². The van der Waals surface area contributed by atoms with Crippen LogP contribution in [-0.2, 0) is 4.79 Å². The summed E-state index contributed by atoms with van der Waals surface area (Å²) in [6, 6.07) is 11.4. The summed E-state index contributed by atoms with van der Waals surface area (Å²) in [6.45, 7) is 2.80. The van der Waals surface area contributed by atoms with Crippen LogP contribution in [0.2, 0.25) is 0 Å². The number of fused-ring (bicyclic) bond motifs is 1. The highest BCUT2D eigenvalue weighted by molar-refractivity contribution is 5.97. The molecule has 2 heterocycles. The second-order valence-electron chi connectivity index (χ2n) is 7.85. The number of alkyl halides is 3. The first-order valence-electron chi connectivity index (χ1n) is 9.95. The summed E-state index contributed by atoms with van der Waals surface area (Å²) < 4.78 is 44.2. The number of carbonyl (C=O) groups is 1. The summed E-state index contributed by atoms with van der Waals surface area (Å²) in [6.07, 6.45) is -3.83. The van der Waals surface area contributed by atoms with E-state index in [9.17, 15) is 18.0 Å². The monoisotopic (exact) mass is 419 g/mol. The molecular weight excluding hydrogens is 395 g/mol. The van der Waals surface area contributed by atoms with Gasteiger partial charge in [-0.3, -0.25) is 4.79 Å². The van der Waals surface area contributed by atoms with Crippen LogP contribution >= 0.6 is 0 Å². The fourth-order valence-corrected chi connectivity index (χ4v) is 4.06. The molecule has 30 heavy (non-hydrogen) atoms. The second-order valence-corrected chi connectivity index (χ2v) is 7.85. The first-order chi connectivity index (χ1) is 14.2. The van der Waals surface area contributed by atoms with Crippen LogP contribution in [0.25, 0.3) is 0 Å². The van der Waals surface area contributed by atoms with Crippen molar-refractivity contribution in [3.8, 4) is 5.75 Å². The molecule has 0 saturated carbocycles. The summed E-state index contributed by atoms with van der Waals surface area (Å²) in [4.78, 5) is 15.3. The van der Waals surface area contributed by atoms with Crippen LogP contribution in [0.4, 0.5) is 35.9 Å². The molecule has 2 aliphatic heterocycles. The Kier molecular flexibility index (Phi) is 5.26. The van der Waals surface area contributed by atoms with E-state index >= 15 is 0 Å². The van der Waals surface area contributed by atoms with E-state index in [4.69, 9.17) is 4.74 Å². The molecule has 1 fully saturated rings. The summed E-state index contributed by atoms with van der Waals surface area (Å²) in [5.41, 5.74) is 4.40. The van der Waals surface area contributed by atoms with Gasteiger partial charge in [-0.2, -0.15) is 13.2 Å². The highest BCUT2D eigenvalue weighted by Crippen LogP contribution is 2.37. The molecular formula is C22H24F3N3O2. The highest BCUT2D eigenvalue weighted by Gasteiger charge is 2.41. The number of piperidine rings is 1. The van der Waals surface area contributed by atoms with Crippen molar-refractivity contribution in [2.75, 3.05) is 41.9 Å². The van der Waals surface area contributed by atoms with Crippen molar-refractivity contribution in [1.29, 1.82) is 0 Å². The van der Waals surface area contributed by atoms with Gasteiger partial charge in [0.1, 0.15) is 5.75 Å². The van der Waals surface area contributed by atoms with Gasteiger partial charge in [-0.1, -0.05) is 0 Å². The molecule has 0 spiro atoms. The van der Waals surface area contributed by atoms with E-state index in [2.05, 4.69) is 5.32 Å². The largest absolute Gasteiger partial charge is 0.481 e. The van der Waals surface area contributed by atoms with Gasteiger partial charge in [0, 0.05) is 43.3 Å². The maximum Gasteiger partial charge on any atom is 0.391 e. The van der Waals surface area contributed by atoms with E-state index in [1.54, 1.807) is 11.9 Å². The molecule has 2 aromatic rings. The van der Waals surface area contributed by atoms with E-state index in [1.807, 2.05) is 48.2 Å². The zero-order chi connectivity index (χ0) is 21.5. The predicted molar refractivity (Wildman–Crippen MR) is 111 cm³/mol. The Morgan fingerprint density at radius 1 is 1.03 bits per heavy atom. The van der Waals surface area contributed by atoms with Gasteiger partial charge in [-0.15, -0.1) is 0 Å². The number of aryl methyl sites for hydroxylation is 1. The van der Waals surface area contributed by atoms with Gasteiger partial charge in [-0.05, 0) is 55.7 Å². The molecule has 2 aromatic carbocycles. The molecule has 8 heteroatoms. The molecule has 2 aliphatic rings. The Bertz CT molecular complexity index is 953. The van der Waals surface area contributed by atoms with Crippen LogP contribution < -0.4 is 19.9 Å². The average Bonchev–Trinajstić information content (AvgIpc) is 2.70. The van der Waals surface area contributed by atoms with Crippen LogP contribution in [-0.4, -0.2) is 38.8 Å². The quantitative estimate of drug-likeness (QED) is 0.771. The van der Waals surface area contributed by atoms with Crippen molar-refractivity contribution in [2.45, 2.75) is 25.9 Å². The Morgan fingerprint density at radius 2 is 1.67 bits per heavy atom. The molecule has 4 rings (SSSR count). The van der Waals surface area contributed by atoms with E-state index < -0.39 is 12.1 Å². The van der Waals surface area contributed by atoms with E-state index in [0.29, 0.717) is 18.8 Å². The van der Waals surface area contributed by atoms with Gasteiger partial charge in [0.25, 0.3) is 5.91 Å². The number of amides is 1. The fourth-order valence-electron chi connectivity index (χ4n) is 4.06. The van der Waals surface area contributed by atoms with Gasteiger partial charge in [0.2, 0.25) is 0 Å². The molecule has 160 valence electrons. The molecule has 0 bridgehead atoms. The number of benzene rings is 2. The molecule has 0 unspecified atom stereocenters. The number of likely N-dealkylation sites (N-methyl/N-ethyl adjacent to an activating group) is 1. The number of nitrogens with one attached hydrogen (secondary N) is 1. The van der Waals surface area contributed by atoms with E-state index in [1.165, 1.54) is 0 Å². The number of nitrogens with zero attached hydrogens (tertiary/aromatic N) is 2. The standard InChI is InChI=1S/C22H24F3N3O2/c1-14-11-16(3-5-18(14)28-9-7-15(8-10-28)22(23,24)25)26-17-4-6-19-20(12-17)30-13-21(29)27(19)2/h3-6,11-12,15,26H,7-10,13H2,1-2H3. The Morgan fingerprint density at radius 3 is 2.30 bits per heavy atom. The SMILES string of the molecule is Cc1cc(Nc2ccc3c(c2)OCC(=O)N3C)ccc1N1CCC(C(F)(F)F)CC1. The van der Waals surface area contributed by atoms with Gasteiger partial charge < -0.3 is 19.9 Å². The highest BCUT2D eigenvalue weighted by atomic mass is 19.4. The predicted octanol–water partition coefficient (Wildman–Crippen LogP) is 4.87. The lowest BCUT2D eigenvalue weighted by Gasteiger charge is -2.35. The van der Waals surface area contributed by atoms with Crippen molar-refractivity contribution in [3.05, 3.63) is 42.0 Å². The molecule has 0 atom stereocenters. The van der Waals surface area contributed by atoms with Crippen molar-refractivity contribution >= 4 is 28.7 Å². The average molecular weight is 419 g/mol. The maximum atomic E-state index is 12.9. The molecule has 0 aliphatic carbocycles. The number of carbonyl (C=O) groups excluding carboxylic acids is 1. The lowest BCUT2D eigenvalue weighted by Crippen LogP contribution is -2.39. The topological polar surface area (TPSA) is 44.8 Å². The van der Waals surface area contributed by atoms with Crippen LogP contribution in [0, 0.1) is 12.8 Å². The van der Waals surface area contributed by atoms with Gasteiger partial charge in [-0.25, -0.2) is 0 Å². The molecule has 0 aromatic heterocycles. The molecule has 0 radical (unpaired) electrons. The number of hydrogen-bond donors (Lipinski definition) is 1. The van der Waals surface area contributed by atoms with Gasteiger partial charge in [0.05, 0.1) is 11.6 Å². The third-order valence-corrected chi connectivity index (χ3v) is 5.83. The number of hydrogen-bond acceptors (Lipinski definition) is 4. The lowest BCUT2D eigenvalue weighted by atomic mass is 9.95. The summed E-state index contributed by atoms with van der Waals surface area (Å²) in [7, 11) is 1.72. The van der Waals surface area contributed by atoms with Crippen molar-refractivity contribution in [1.82, 2.24) is 0 Å². The lowest BCUT2D eigenvalue weighted by molar-refractivity contribution is -0.179. The normalized spacial score (nSPS) is 17.6. The maximum absolute atomic E-state index is 12.9. The first-order valence-corrected chi connectivity index (χ1v) is 9.95. The number of halogens is 3. The first kappa shape index (κ1) is 20.4. The Hall–Kier alpha value is -2.90. The molecule has 1 N–H and O–H groups in total. The van der Waals surface area contributed by atoms with Crippen LogP contribution in [0.5, 0.6) is 5.75 Å². The molecule has 1 amide bonds. The molecule has 5 nitrogen and oxygen atoms in total. The summed E-state index contributed by atoms with van der Waals surface area (Å²) in [5, 5.41) is 3.33. The second kappa shape index (κ2) is 7.74. The third kappa shape index (κ3) is 4.04. The number of anilines is 4. The zero-order valence-corrected chi connectivity index (χ0v) is 16.9. The smallest absolute Gasteiger partial charge is 0.391 e. The van der Waals surface area contributed by atoms with Crippen LogP contribution in [0.3, 0.4) is 0 Å².